The molecule has 2 aromatic rings. The lowest BCUT2D eigenvalue weighted by Gasteiger charge is -2.18. The second kappa shape index (κ2) is 5.92. The van der Waals surface area contributed by atoms with Gasteiger partial charge in [0.1, 0.15) is 11.6 Å². The van der Waals surface area contributed by atoms with Crippen LogP contribution in [0.15, 0.2) is 30.6 Å². The fourth-order valence-corrected chi connectivity index (χ4v) is 1.97. The summed E-state index contributed by atoms with van der Waals surface area (Å²) in [6, 6.07) is 4.10. The second-order valence-corrected chi connectivity index (χ2v) is 4.84. The molecule has 2 aromatic heterocycles. The minimum Gasteiger partial charge on any atom is -0.351 e. The fraction of sp³-hybridized carbons (Fsp3) is 0.231. The molecule has 1 N–H and O–H groups in total. The van der Waals surface area contributed by atoms with E-state index in [4.69, 9.17) is 11.6 Å². The van der Waals surface area contributed by atoms with E-state index in [2.05, 4.69) is 10.3 Å². The molecule has 0 aliphatic carbocycles. The van der Waals surface area contributed by atoms with Crippen molar-refractivity contribution in [2.75, 3.05) is 12.4 Å². The van der Waals surface area contributed by atoms with Gasteiger partial charge in [0.15, 0.2) is 0 Å². The Balaban J connectivity index is 1.98. The summed E-state index contributed by atoms with van der Waals surface area (Å²) >= 11 is 5.89. The summed E-state index contributed by atoms with van der Waals surface area (Å²) in [5.74, 6) is -0.150. The van der Waals surface area contributed by atoms with Gasteiger partial charge in [0.05, 0.1) is 17.8 Å². The zero-order valence-corrected chi connectivity index (χ0v) is 11.9. The maximum atomic E-state index is 12.7. The van der Waals surface area contributed by atoms with E-state index in [1.54, 1.807) is 19.3 Å². The first-order valence-corrected chi connectivity index (χ1v) is 6.28. The first kappa shape index (κ1) is 14.3. The van der Waals surface area contributed by atoms with Crippen LogP contribution in [-0.2, 0) is 13.6 Å². The van der Waals surface area contributed by atoms with Crippen molar-refractivity contribution in [1.29, 1.82) is 0 Å². The molecule has 0 aliphatic heterocycles. The number of hydrogen-bond acceptors (Lipinski definition) is 2. The number of hydrogen-bond donors (Lipinski definition) is 1. The van der Waals surface area contributed by atoms with Crippen LogP contribution in [0, 0.1) is 5.82 Å². The van der Waals surface area contributed by atoms with Crippen LogP contribution in [0.2, 0.25) is 5.02 Å². The Hall–Kier alpha value is -2.08. The Labute approximate surface area is 121 Å². The molecule has 0 saturated heterocycles. The maximum absolute atomic E-state index is 12.7. The number of amides is 2. The molecule has 7 heteroatoms. The smallest absolute Gasteiger partial charge is 0.323 e. The molecular formula is C13H14ClFN4O. The zero-order valence-electron chi connectivity index (χ0n) is 11.1. The van der Waals surface area contributed by atoms with Gasteiger partial charge in [-0.3, -0.25) is 5.32 Å². The monoisotopic (exact) mass is 296 g/mol. The molecule has 0 spiro atoms. The van der Waals surface area contributed by atoms with Crippen LogP contribution in [-0.4, -0.2) is 27.5 Å². The minimum atomic E-state index is -0.449. The highest BCUT2D eigenvalue weighted by atomic mass is 35.5. The Morgan fingerprint density at radius 2 is 2.30 bits per heavy atom. The van der Waals surface area contributed by atoms with Crippen LogP contribution in [0.25, 0.3) is 0 Å². The van der Waals surface area contributed by atoms with E-state index in [0.717, 1.165) is 11.9 Å². The van der Waals surface area contributed by atoms with Gasteiger partial charge in [-0.2, -0.15) is 0 Å². The molecule has 2 rings (SSSR count). The summed E-state index contributed by atoms with van der Waals surface area (Å²) in [5.41, 5.74) is 0.903. The Morgan fingerprint density at radius 1 is 1.55 bits per heavy atom. The van der Waals surface area contributed by atoms with Gasteiger partial charge in [-0.05, 0) is 18.2 Å². The number of carbonyl (C=O) groups is 1. The molecule has 0 bridgehead atoms. The molecule has 0 unspecified atom stereocenters. The average molecular weight is 297 g/mol. The number of pyridine rings is 1. The Kier molecular flexibility index (Phi) is 4.24. The van der Waals surface area contributed by atoms with E-state index >= 15 is 0 Å². The van der Waals surface area contributed by atoms with Crippen LogP contribution >= 0.6 is 11.6 Å². The Morgan fingerprint density at radius 3 is 2.85 bits per heavy atom. The normalized spacial score (nSPS) is 10.4. The third-order valence-corrected chi connectivity index (χ3v) is 2.99. The molecule has 0 atom stereocenters. The third kappa shape index (κ3) is 3.48. The van der Waals surface area contributed by atoms with Crippen molar-refractivity contribution in [3.05, 3.63) is 47.1 Å². The molecule has 2 heterocycles. The number of rotatable bonds is 3. The van der Waals surface area contributed by atoms with Gasteiger partial charge in [-0.15, -0.1) is 0 Å². The van der Waals surface area contributed by atoms with Crippen molar-refractivity contribution in [1.82, 2.24) is 14.5 Å². The second-order valence-electron chi connectivity index (χ2n) is 4.41. The highest BCUT2D eigenvalue weighted by molar-refractivity contribution is 6.30. The summed E-state index contributed by atoms with van der Waals surface area (Å²) in [5, 5.41) is 3.20. The van der Waals surface area contributed by atoms with E-state index in [0.29, 0.717) is 17.4 Å². The van der Waals surface area contributed by atoms with E-state index in [9.17, 15) is 9.18 Å². The highest BCUT2D eigenvalue weighted by Crippen LogP contribution is 2.14. The number of aryl methyl sites for hydroxylation is 1. The number of aromatic nitrogens is 2. The number of carbonyl (C=O) groups excluding carboxylic acids is 1. The lowest BCUT2D eigenvalue weighted by atomic mass is 10.4. The summed E-state index contributed by atoms with van der Waals surface area (Å²) in [4.78, 5) is 17.2. The molecule has 0 radical (unpaired) electrons. The molecular weight excluding hydrogens is 283 g/mol. The van der Waals surface area contributed by atoms with Gasteiger partial charge < -0.3 is 9.47 Å². The van der Waals surface area contributed by atoms with Gasteiger partial charge in [-0.1, -0.05) is 11.6 Å². The van der Waals surface area contributed by atoms with E-state index in [1.807, 2.05) is 11.6 Å². The molecule has 2 amide bonds. The predicted molar refractivity (Wildman–Crippen MR) is 75.1 cm³/mol. The zero-order chi connectivity index (χ0) is 14.7. The van der Waals surface area contributed by atoms with Crippen LogP contribution in [0.5, 0.6) is 0 Å². The molecule has 0 aliphatic rings. The van der Waals surface area contributed by atoms with Gasteiger partial charge >= 0.3 is 6.03 Å². The minimum absolute atomic E-state index is 0.299. The lowest BCUT2D eigenvalue weighted by molar-refractivity contribution is 0.219. The van der Waals surface area contributed by atoms with Crippen molar-refractivity contribution in [2.24, 2.45) is 7.05 Å². The summed E-state index contributed by atoms with van der Waals surface area (Å²) in [7, 11) is 3.51. The van der Waals surface area contributed by atoms with E-state index in [1.165, 1.54) is 17.0 Å². The first-order chi connectivity index (χ1) is 9.45. The fourth-order valence-electron chi connectivity index (χ4n) is 1.69. The molecule has 20 heavy (non-hydrogen) atoms. The van der Waals surface area contributed by atoms with Gasteiger partial charge in [0.25, 0.3) is 0 Å². The van der Waals surface area contributed by atoms with E-state index in [-0.39, 0.29) is 6.03 Å². The average Bonchev–Trinajstić information content (AvgIpc) is 2.70. The third-order valence-electron chi connectivity index (χ3n) is 2.78. The number of urea groups is 1. The van der Waals surface area contributed by atoms with Crippen molar-refractivity contribution >= 4 is 23.4 Å². The van der Waals surface area contributed by atoms with Crippen LogP contribution in [0.1, 0.15) is 5.69 Å². The van der Waals surface area contributed by atoms with Gasteiger partial charge in [0, 0.05) is 26.0 Å². The Bertz CT molecular complexity index is 611. The molecule has 106 valence electrons. The maximum Gasteiger partial charge on any atom is 0.323 e. The van der Waals surface area contributed by atoms with Gasteiger partial charge in [0.2, 0.25) is 0 Å². The van der Waals surface area contributed by atoms with Crippen molar-refractivity contribution < 1.29 is 9.18 Å². The molecule has 5 nitrogen and oxygen atoms in total. The van der Waals surface area contributed by atoms with Crippen LogP contribution < -0.4 is 5.32 Å². The topological polar surface area (TPSA) is 50.2 Å². The first-order valence-electron chi connectivity index (χ1n) is 5.90. The quantitative estimate of drug-likeness (QED) is 0.947. The summed E-state index contributed by atoms with van der Waals surface area (Å²) in [6.07, 6.45) is 2.82. The number of nitrogens with one attached hydrogen (secondary N) is 1. The standard InChI is InChI=1S/C13H14ClFN4O/c1-18-7-9(14)5-11(18)8-19(2)13(20)17-12-4-3-10(15)6-16-12/h3-7H,8H2,1-2H3,(H,16,17,20). The van der Waals surface area contributed by atoms with Crippen molar-refractivity contribution in [3.8, 4) is 0 Å². The molecule has 0 saturated carbocycles. The highest BCUT2D eigenvalue weighted by Gasteiger charge is 2.12. The van der Waals surface area contributed by atoms with Crippen LogP contribution in [0.3, 0.4) is 0 Å². The predicted octanol–water partition coefficient (Wildman–Crippen LogP) is 2.88. The largest absolute Gasteiger partial charge is 0.351 e. The molecule has 0 aromatic carbocycles. The number of anilines is 1. The van der Waals surface area contributed by atoms with Crippen LogP contribution in [0.4, 0.5) is 15.0 Å². The SMILES string of the molecule is CN(Cc1cc(Cl)cn1C)C(=O)Nc1ccc(F)cn1. The molecule has 0 fully saturated rings. The van der Waals surface area contributed by atoms with Crippen molar-refractivity contribution in [3.63, 3.8) is 0 Å². The van der Waals surface area contributed by atoms with E-state index < -0.39 is 5.82 Å². The van der Waals surface area contributed by atoms with Gasteiger partial charge in [-0.25, -0.2) is 14.2 Å². The lowest BCUT2D eigenvalue weighted by Crippen LogP contribution is -2.31. The van der Waals surface area contributed by atoms with Crippen molar-refractivity contribution in [2.45, 2.75) is 6.54 Å². The summed E-state index contributed by atoms with van der Waals surface area (Å²) < 4.78 is 14.6. The number of nitrogens with zero attached hydrogens (tertiary/aromatic N) is 3. The summed E-state index contributed by atoms with van der Waals surface area (Å²) in [6.45, 7) is 0.399. The number of halogens is 2.